The van der Waals surface area contributed by atoms with Gasteiger partial charge in [-0.05, 0) is 0 Å². The molecular formula is C11H16ClNO3. The maximum absolute atomic E-state index is 5.91. The summed E-state index contributed by atoms with van der Waals surface area (Å²) in [4.78, 5) is 0. The summed E-state index contributed by atoms with van der Waals surface area (Å²) in [5.41, 5.74) is 6.66. The molecule has 1 rings (SSSR count). The summed E-state index contributed by atoms with van der Waals surface area (Å²) in [6, 6.07) is 3.17. The Morgan fingerprint density at radius 2 is 1.62 bits per heavy atom. The van der Waals surface area contributed by atoms with Crippen LogP contribution in [0.1, 0.15) is 11.6 Å². The molecule has 2 N–H and O–H groups in total. The van der Waals surface area contributed by atoms with Gasteiger partial charge in [0.2, 0.25) is 0 Å². The fourth-order valence-corrected chi connectivity index (χ4v) is 1.63. The molecule has 0 fully saturated rings. The van der Waals surface area contributed by atoms with E-state index in [1.165, 1.54) is 0 Å². The van der Waals surface area contributed by atoms with Crippen molar-refractivity contribution in [2.45, 2.75) is 6.04 Å². The number of hydrogen-bond acceptors (Lipinski definition) is 4. The van der Waals surface area contributed by atoms with Crippen LogP contribution in [0.5, 0.6) is 17.2 Å². The van der Waals surface area contributed by atoms with Crippen LogP contribution in [0.15, 0.2) is 12.1 Å². The fraction of sp³-hybridized carbons (Fsp3) is 0.455. The highest BCUT2D eigenvalue weighted by Crippen LogP contribution is 2.37. The third-order valence-electron chi connectivity index (χ3n) is 2.29. The summed E-state index contributed by atoms with van der Waals surface area (Å²) in [5, 5.41) is 0. The van der Waals surface area contributed by atoms with Gasteiger partial charge in [0.25, 0.3) is 0 Å². The number of rotatable bonds is 5. The molecular weight excluding hydrogens is 230 g/mol. The Morgan fingerprint density at radius 3 is 1.94 bits per heavy atom. The molecule has 0 aliphatic carbocycles. The molecule has 0 saturated heterocycles. The SMILES string of the molecule is COc1cc(OC)c(C(N)CCl)c(OC)c1. The van der Waals surface area contributed by atoms with Crippen molar-refractivity contribution in [2.24, 2.45) is 5.73 Å². The first kappa shape index (κ1) is 12.9. The van der Waals surface area contributed by atoms with Crippen molar-refractivity contribution in [2.75, 3.05) is 27.2 Å². The van der Waals surface area contributed by atoms with Crippen molar-refractivity contribution in [3.63, 3.8) is 0 Å². The Kier molecular flexibility index (Phi) is 4.71. The second-order valence-electron chi connectivity index (χ2n) is 3.21. The summed E-state index contributed by atoms with van der Waals surface area (Å²) in [5.74, 6) is 2.17. The lowest BCUT2D eigenvalue weighted by Crippen LogP contribution is -2.14. The van der Waals surface area contributed by atoms with Crippen molar-refractivity contribution in [3.8, 4) is 17.2 Å². The van der Waals surface area contributed by atoms with Crippen molar-refractivity contribution in [1.29, 1.82) is 0 Å². The molecule has 0 heterocycles. The Hall–Kier alpha value is -1.13. The van der Waals surface area contributed by atoms with Crippen molar-refractivity contribution in [1.82, 2.24) is 0 Å². The van der Waals surface area contributed by atoms with Crippen LogP contribution in [0, 0.1) is 0 Å². The van der Waals surface area contributed by atoms with Gasteiger partial charge in [-0.2, -0.15) is 0 Å². The van der Waals surface area contributed by atoms with Gasteiger partial charge in [-0.25, -0.2) is 0 Å². The van der Waals surface area contributed by atoms with Crippen LogP contribution >= 0.6 is 11.6 Å². The van der Waals surface area contributed by atoms with Crippen LogP contribution in [0.4, 0.5) is 0 Å². The molecule has 1 unspecified atom stereocenters. The number of alkyl halides is 1. The van der Waals surface area contributed by atoms with Crippen LogP contribution in [0.2, 0.25) is 0 Å². The second kappa shape index (κ2) is 5.82. The molecule has 0 saturated carbocycles. The van der Waals surface area contributed by atoms with Gasteiger partial charge in [0.1, 0.15) is 17.2 Å². The van der Waals surface area contributed by atoms with Crippen LogP contribution in [-0.4, -0.2) is 27.2 Å². The van der Waals surface area contributed by atoms with E-state index in [2.05, 4.69) is 0 Å². The predicted octanol–water partition coefficient (Wildman–Crippen LogP) is 1.95. The molecule has 0 aliphatic heterocycles. The van der Waals surface area contributed by atoms with Gasteiger partial charge in [0.05, 0.1) is 32.9 Å². The average Bonchev–Trinajstić information content (AvgIpc) is 2.35. The molecule has 0 radical (unpaired) electrons. The number of methoxy groups -OCH3 is 3. The first-order valence-corrected chi connectivity index (χ1v) is 5.32. The highest BCUT2D eigenvalue weighted by atomic mass is 35.5. The van der Waals surface area contributed by atoms with E-state index in [4.69, 9.17) is 31.5 Å². The monoisotopic (exact) mass is 245 g/mol. The fourth-order valence-electron chi connectivity index (χ4n) is 1.48. The van der Waals surface area contributed by atoms with Crippen molar-refractivity contribution < 1.29 is 14.2 Å². The van der Waals surface area contributed by atoms with Gasteiger partial charge >= 0.3 is 0 Å². The molecule has 0 amide bonds. The minimum atomic E-state index is -0.336. The average molecular weight is 246 g/mol. The molecule has 1 aromatic carbocycles. The first-order chi connectivity index (χ1) is 7.67. The molecule has 16 heavy (non-hydrogen) atoms. The van der Waals surface area contributed by atoms with E-state index < -0.39 is 0 Å². The Bertz CT molecular complexity index is 332. The van der Waals surface area contributed by atoms with E-state index in [0.29, 0.717) is 23.1 Å². The quantitative estimate of drug-likeness (QED) is 0.806. The molecule has 0 bridgehead atoms. The zero-order valence-electron chi connectivity index (χ0n) is 9.62. The lowest BCUT2D eigenvalue weighted by Gasteiger charge is -2.18. The third-order valence-corrected chi connectivity index (χ3v) is 2.62. The Morgan fingerprint density at radius 1 is 1.12 bits per heavy atom. The highest BCUT2D eigenvalue weighted by Gasteiger charge is 2.18. The molecule has 0 spiro atoms. The van der Waals surface area contributed by atoms with Crippen molar-refractivity contribution >= 4 is 11.6 Å². The summed E-state index contributed by atoms with van der Waals surface area (Å²) >= 11 is 5.75. The molecule has 90 valence electrons. The van der Waals surface area contributed by atoms with Crippen LogP contribution < -0.4 is 19.9 Å². The van der Waals surface area contributed by atoms with Crippen LogP contribution in [-0.2, 0) is 0 Å². The molecule has 1 aromatic rings. The van der Waals surface area contributed by atoms with E-state index in [-0.39, 0.29) is 6.04 Å². The zero-order valence-corrected chi connectivity index (χ0v) is 10.4. The first-order valence-electron chi connectivity index (χ1n) is 4.79. The van der Waals surface area contributed by atoms with E-state index in [0.717, 1.165) is 5.56 Å². The smallest absolute Gasteiger partial charge is 0.131 e. The normalized spacial score (nSPS) is 12.1. The van der Waals surface area contributed by atoms with E-state index in [1.54, 1.807) is 33.5 Å². The number of benzene rings is 1. The number of hydrogen-bond donors (Lipinski definition) is 1. The summed E-state index contributed by atoms with van der Waals surface area (Å²) in [6.07, 6.45) is 0. The zero-order chi connectivity index (χ0) is 12.1. The third kappa shape index (κ3) is 2.51. The minimum Gasteiger partial charge on any atom is -0.496 e. The largest absolute Gasteiger partial charge is 0.496 e. The summed E-state index contributed by atoms with van der Waals surface area (Å²) in [7, 11) is 4.71. The molecule has 5 heteroatoms. The molecule has 4 nitrogen and oxygen atoms in total. The van der Waals surface area contributed by atoms with Gasteiger partial charge in [0, 0.05) is 18.0 Å². The van der Waals surface area contributed by atoms with E-state index >= 15 is 0 Å². The molecule has 0 aliphatic rings. The van der Waals surface area contributed by atoms with Gasteiger partial charge in [-0.3, -0.25) is 0 Å². The maximum atomic E-state index is 5.91. The summed E-state index contributed by atoms with van der Waals surface area (Å²) < 4.78 is 15.6. The standard InChI is InChI=1S/C11H16ClNO3/c1-14-7-4-9(15-2)11(8(13)6-12)10(5-7)16-3/h4-5,8H,6,13H2,1-3H3. The number of halogens is 1. The minimum absolute atomic E-state index is 0.291. The highest BCUT2D eigenvalue weighted by molar-refractivity contribution is 6.18. The number of nitrogens with two attached hydrogens (primary N) is 1. The van der Waals surface area contributed by atoms with Crippen LogP contribution in [0.25, 0.3) is 0 Å². The Balaban J connectivity index is 3.31. The van der Waals surface area contributed by atoms with Crippen molar-refractivity contribution in [3.05, 3.63) is 17.7 Å². The Labute approximate surface area is 100 Å². The predicted molar refractivity (Wildman–Crippen MR) is 63.7 cm³/mol. The lowest BCUT2D eigenvalue weighted by molar-refractivity contribution is 0.365. The molecule has 1 atom stereocenters. The number of ether oxygens (including phenoxy) is 3. The topological polar surface area (TPSA) is 53.7 Å². The van der Waals surface area contributed by atoms with Gasteiger partial charge in [-0.15, -0.1) is 11.6 Å². The van der Waals surface area contributed by atoms with E-state index in [1.807, 2.05) is 0 Å². The van der Waals surface area contributed by atoms with Crippen LogP contribution in [0.3, 0.4) is 0 Å². The van der Waals surface area contributed by atoms with Gasteiger partial charge in [0.15, 0.2) is 0 Å². The lowest BCUT2D eigenvalue weighted by atomic mass is 10.1. The van der Waals surface area contributed by atoms with Gasteiger partial charge < -0.3 is 19.9 Å². The summed E-state index contributed by atoms with van der Waals surface area (Å²) in [6.45, 7) is 0. The molecule has 0 aromatic heterocycles. The maximum Gasteiger partial charge on any atom is 0.131 e. The second-order valence-corrected chi connectivity index (χ2v) is 3.51. The van der Waals surface area contributed by atoms with E-state index in [9.17, 15) is 0 Å². The van der Waals surface area contributed by atoms with Gasteiger partial charge in [-0.1, -0.05) is 0 Å².